The summed E-state index contributed by atoms with van der Waals surface area (Å²) in [4.78, 5) is 14.9. The summed E-state index contributed by atoms with van der Waals surface area (Å²) in [5.41, 5.74) is 0.0454. The van der Waals surface area contributed by atoms with Gasteiger partial charge < -0.3 is 9.64 Å². The molecule has 3 heterocycles. The Hall–Kier alpha value is -2.39. The van der Waals surface area contributed by atoms with Gasteiger partial charge in [-0.15, -0.1) is 0 Å². The zero-order chi connectivity index (χ0) is 20.6. The summed E-state index contributed by atoms with van der Waals surface area (Å²) in [6.07, 6.45) is 5.56. The second kappa shape index (κ2) is 7.46. The van der Waals surface area contributed by atoms with E-state index in [1.54, 1.807) is 41.3 Å². The molecule has 1 atom stereocenters. The lowest BCUT2D eigenvalue weighted by atomic mass is 9.86. The topological polar surface area (TPSA) is 84.7 Å². The van der Waals surface area contributed by atoms with Gasteiger partial charge in [0.15, 0.2) is 0 Å². The Morgan fingerprint density at radius 3 is 2.72 bits per heavy atom. The fourth-order valence-corrected chi connectivity index (χ4v) is 6.07. The highest BCUT2D eigenvalue weighted by Crippen LogP contribution is 2.43. The molecule has 2 fully saturated rings. The van der Waals surface area contributed by atoms with Crippen LogP contribution in [-0.2, 0) is 14.8 Å². The summed E-state index contributed by atoms with van der Waals surface area (Å²) in [5.74, 6) is 0.376. The number of rotatable bonds is 6. The lowest BCUT2D eigenvalue weighted by Crippen LogP contribution is -2.38. The summed E-state index contributed by atoms with van der Waals surface area (Å²) >= 11 is 0. The molecule has 1 aromatic carbocycles. The zero-order valence-electron chi connectivity index (χ0n) is 16.7. The fourth-order valence-electron chi connectivity index (χ4n) is 4.36. The maximum Gasteiger partial charge on any atom is 0.246 e. The van der Waals surface area contributed by atoms with Crippen molar-refractivity contribution in [3.63, 3.8) is 0 Å². The monoisotopic (exact) mass is 418 g/mol. The molecule has 0 bridgehead atoms. The van der Waals surface area contributed by atoms with Gasteiger partial charge in [0, 0.05) is 38.6 Å². The van der Waals surface area contributed by atoms with E-state index < -0.39 is 15.4 Å². The molecular weight excluding hydrogens is 392 g/mol. The average Bonchev–Trinajstić information content (AvgIpc) is 3.46. The van der Waals surface area contributed by atoms with Crippen LogP contribution in [0.15, 0.2) is 41.6 Å². The van der Waals surface area contributed by atoms with E-state index in [0.29, 0.717) is 31.6 Å². The SMILES string of the molecule is CCCN1CCC2(CCN(S(=O)(=O)c3cc(-n4cccn4)ccc3OC)C2)C1=O. The standard InChI is InChI=1S/C20H26N4O4S/c1-3-10-22-12-7-20(19(22)25)8-13-23(15-20)29(26,27)18-14-16(5-6-17(18)28-2)24-11-4-9-21-24/h4-6,9,11,14H,3,7-8,10,12-13,15H2,1-2H3. The molecule has 0 saturated carbocycles. The van der Waals surface area contributed by atoms with E-state index >= 15 is 0 Å². The number of nitrogens with zero attached hydrogens (tertiary/aromatic N) is 4. The molecule has 8 nitrogen and oxygen atoms in total. The van der Waals surface area contributed by atoms with Gasteiger partial charge in [0.05, 0.1) is 18.2 Å². The minimum Gasteiger partial charge on any atom is -0.495 e. The quantitative estimate of drug-likeness (QED) is 0.715. The van der Waals surface area contributed by atoms with E-state index in [9.17, 15) is 13.2 Å². The molecule has 1 amide bonds. The molecule has 29 heavy (non-hydrogen) atoms. The maximum atomic E-state index is 13.5. The van der Waals surface area contributed by atoms with Crippen molar-refractivity contribution in [3.8, 4) is 11.4 Å². The molecule has 156 valence electrons. The number of sulfonamides is 1. The molecule has 2 aliphatic rings. The lowest BCUT2D eigenvalue weighted by Gasteiger charge is -2.24. The van der Waals surface area contributed by atoms with Crippen LogP contribution in [0.5, 0.6) is 5.75 Å². The molecule has 1 spiro atoms. The van der Waals surface area contributed by atoms with Crippen LogP contribution >= 0.6 is 0 Å². The second-order valence-electron chi connectivity index (χ2n) is 7.70. The third-order valence-corrected chi connectivity index (χ3v) is 7.81. The number of methoxy groups -OCH3 is 1. The Kier molecular flexibility index (Phi) is 5.12. The van der Waals surface area contributed by atoms with E-state index in [-0.39, 0.29) is 23.1 Å². The highest BCUT2D eigenvalue weighted by molar-refractivity contribution is 7.89. The predicted molar refractivity (Wildman–Crippen MR) is 107 cm³/mol. The van der Waals surface area contributed by atoms with Gasteiger partial charge in [-0.1, -0.05) is 6.92 Å². The predicted octanol–water partition coefficient (Wildman–Crippen LogP) is 1.90. The van der Waals surface area contributed by atoms with Gasteiger partial charge in [-0.2, -0.15) is 9.40 Å². The Morgan fingerprint density at radius 1 is 1.24 bits per heavy atom. The molecule has 2 aliphatic heterocycles. The summed E-state index contributed by atoms with van der Waals surface area (Å²) in [6, 6.07) is 6.75. The molecule has 0 N–H and O–H groups in total. The first-order valence-electron chi connectivity index (χ1n) is 9.89. The lowest BCUT2D eigenvalue weighted by molar-refractivity contribution is -0.135. The molecule has 0 aliphatic carbocycles. The van der Waals surface area contributed by atoms with Gasteiger partial charge in [0.1, 0.15) is 10.6 Å². The van der Waals surface area contributed by atoms with Crippen molar-refractivity contribution in [1.82, 2.24) is 19.0 Å². The average molecular weight is 419 g/mol. The normalized spacial score (nSPS) is 22.7. The summed E-state index contributed by atoms with van der Waals surface area (Å²) in [6.45, 7) is 4.04. The number of amides is 1. The van der Waals surface area contributed by atoms with Gasteiger partial charge in [0.25, 0.3) is 0 Å². The molecule has 2 saturated heterocycles. The highest BCUT2D eigenvalue weighted by Gasteiger charge is 2.53. The molecule has 1 aromatic heterocycles. The van der Waals surface area contributed by atoms with Crippen LogP contribution in [0.4, 0.5) is 0 Å². The number of carbonyl (C=O) groups excluding carboxylic acids is 1. The molecule has 4 rings (SSSR count). The van der Waals surface area contributed by atoms with Crippen LogP contribution in [0.3, 0.4) is 0 Å². The van der Waals surface area contributed by atoms with Gasteiger partial charge in [-0.25, -0.2) is 13.1 Å². The summed E-state index contributed by atoms with van der Waals surface area (Å²) in [5, 5.41) is 4.17. The van der Waals surface area contributed by atoms with Crippen LogP contribution in [0.2, 0.25) is 0 Å². The maximum absolute atomic E-state index is 13.5. The van der Waals surface area contributed by atoms with Crippen LogP contribution in [0.1, 0.15) is 26.2 Å². The van der Waals surface area contributed by atoms with Gasteiger partial charge >= 0.3 is 0 Å². The van der Waals surface area contributed by atoms with Crippen molar-refractivity contribution < 1.29 is 17.9 Å². The smallest absolute Gasteiger partial charge is 0.246 e. The van der Waals surface area contributed by atoms with Crippen LogP contribution in [0, 0.1) is 5.41 Å². The third kappa shape index (κ3) is 3.32. The van der Waals surface area contributed by atoms with Crippen molar-refractivity contribution in [1.29, 1.82) is 0 Å². The number of likely N-dealkylation sites (tertiary alicyclic amines) is 1. The van der Waals surface area contributed by atoms with Crippen molar-refractivity contribution in [2.24, 2.45) is 5.41 Å². The first-order valence-corrected chi connectivity index (χ1v) is 11.3. The highest BCUT2D eigenvalue weighted by atomic mass is 32.2. The Morgan fingerprint density at radius 2 is 2.03 bits per heavy atom. The number of hydrogen-bond donors (Lipinski definition) is 0. The summed E-state index contributed by atoms with van der Waals surface area (Å²) < 4.78 is 35.3. The van der Waals surface area contributed by atoms with Crippen LogP contribution < -0.4 is 4.74 Å². The molecule has 0 radical (unpaired) electrons. The Balaban J connectivity index is 1.64. The minimum absolute atomic E-state index is 0.0920. The molecule has 1 unspecified atom stereocenters. The van der Waals surface area contributed by atoms with Gasteiger partial charge in [0.2, 0.25) is 15.9 Å². The summed E-state index contributed by atoms with van der Waals surface area (Å²) in [7, 11) is -2.36. The molecule has 9 heteroatoms. The van der Waals surface area contributed by atoms with E-state index in [0.717, 1.165) is 13.0 Å². The number of benzene rings is 1. The fraction of sp³-hybridized carbons (Fsp3) is 0.500. The largest absolute Gasteiger partial charge is 0.495 e. The number of carbonyl (C=O) groups is 1. The minimum atomic E-state index is -3.82. The first kappa shape index (κ1) is 19.9. The van der Waals surface area contributed by atoms with E-state index in [2.05, 4.69) is 5.10 Å². The number of aromatic nitrogens is 2. The van der Waals surface area contributed by atoms with Crippen LogP contribution in [-0.4, -0.2) is 66.6 Å². The molecular formula is C20H26N4O4S. The Labute approximate surface area is 171 Å². The first-order chi connectivity index (χ1) is 13.9. The number of hydrogen-bond acceptors (Lipinski definition) is 5. The van der Waals surface area contributed by atoms with E-state index in [4.69, 9.17) is 4.74 Å². The van der Waals surface area contributed by atoms with Crippen molar-refractivity contribution in [2.45, 2.75) is 31.1 Å². The zero-order valence-corrected chi connectivity index (χ0v) is 17.6. The van der Waals surface area contributed by atoms with Crippen molar-refractivity contribution in [3.05, 3.63) is 36.7 Å². The van der Waals surface area contributed by atoms with Crippen molar-refractivity contribution in [2.75, 3.05) is 33.3 Å². The molecule has 2 aromatic rings. The van der Waals surface area contributed by atoms with E-state index in [1.165, 1.54) is 11.4 Å². The van der Waals surface area contributed by atoms with Gasteiger partial charge in [-0.05, 0) is 43.5 Å². The third-order valence-electron chi connectivity index (χ3n) is 5.95. The van der Waals surface area contributed by atoms with Crippen molar-refractivity contribution >= 4 is 15.9 Å². The second-order valence-corrected chi connectivity index (χ2v) is 9.60. The Bertz CT molecular complexity index is 1010. The van der Waals surface area contributed by atoms with Crippen LogP contribution in [0.25, 0.3) is 5.69 Å². The van der Waals surface area contributed by atoms with Gasteiger partial charge in [-0.3, -0.25) is 4.79 Å². The number of ether oxygens (including phenoxy) is 1. The van der Waals surface area contributed by atoms with E-state index in [1.807, 2.05) is 11.8 Å².